The summed E-state index contributed by atoms with van der Waals surface area (Å²) in [6.45, 7) is 0.292. The van der Waals surface area contributed by atoms with Gasteiger partial charge < -0.3 is 19.5 Å². The first kappa shape index (κ1) is 24.7. The molecule has 3 aromatic rings. The molecule has 38 heavy (non-hydrogen) atoms. The number of methoxy groups -OCH3 is 1. The summed E-state index contributed by atoms with van der Waals surface area (Å²) in [5.74, 6) is 2.47. The quantitative estimate of drug-likeness (QED) is 0.508. The number of benzene rings is 2. The van der Waals surface area contributed by atoms with Crippen molar-refractivity contribution < 1.29 is 14.3 Å². The predicted octanol–water partition coefficient (Wildman–Crippen LogP) is 4.92. The van der Waals surface area contributed by atoms with Gasteiger partial charge in [-0.25, -0.2) is 0 Å². The Kier molecular flexibility index (Phi) is 6.04. The van der Waals surface area contributed by atoms with Crippen molar-refractivity contribution in [1.82, 2.24) is 9.47 Å². The smallest absolute Gasteiger partial charge is 0.264 e. The first-order valence-electron chi connectivity index (χ1n) is 13.6. The van der Waals surface area contributed by atoms with Crippen LogP contribution in [0.4, 0.5) is 5.69 Å². The number of aromatic nitrogens is 1. The number of fused-ring (bicyclic) bond motifs is 1. The third-order valence-corrected chi connectivity index (χ3v) is 9.04. The van der Waals surface area contributed by atoms with Gasteiger partial charge in [-0.1, -0.05) is 18.2 Å². The predicted molar refractivity (Wildman–Crippen MR) is 148 cm³/mol. The number of hydrogen-bond donors (Lipinski definition) is 1. The highest BCUT2D eigenvalue weighted by atomic mass is 16.5. The third-order valence-electron chi connectivity index (χ3n) is 9.04. The van der Waals surface area contributed by atoms with E-state index in [0.29, 0.717) is 40.9 Å². The standard InChI is InChI=1S/C31H35N3O4/c1-33(2)28(35)25-14-24-26(32-30(37)31-15-20-11-21(16-31)13-22(12-20)17-31)5-4-6-27(24)34(29(25)36)18-19-7-9-23(38-3)10-8-19/h4-10,14,20-22H,11-13,15-18H2,1-3H3,(H,32,37). The van der Waals surface area contributed by atoms with Crippen molar-refractivity contribution in [2.24, 2.45) is 23.2 Å². The van der Waals surface area contributed by atoms with Crippen LogP contribution in [-0.2, 0) is 11.3 Å². The van der Waals surface area contributed by atoms with Crippen molar-refractivity contribution in [3.63, 3.8) is 0 Å². The van der Waals surface area contributed by atoms with Crippen LogP contribution in [0.3, 0.4) is 0 Å². The van der Waals surface area contributed by atoms with Gasteiger partial charge in [0.05, 0.1) is 30.3 Å². The molecule has 7 rings (SSSR count). The molecule has 0 saturated heterocycles. The number of nitrogens with one attached hydrogen (secondary N) is 1. The minimum absolute atomic E-state index is 0.0903. The Balaban J connectivity index is 1.42. The Labute approximate surface area is 222 Å². The second kappa shape index (κ2) is 9.29. The summed E-state index contributed by atoms with van der Waals surface area (Å²) in [6, 6.07) is 14.8. The van der Waals surface area contributed by atoms with Crippen LogP contribution in [-0.4, -0.2) is 42.5 Å². The van der Waals surface area contributed by atoms with Crippen LogP contribution in [0, 0.1) is 23.2 Å². The van der Waals surface area contributed by atoms with Crippen molar-refractivity contribution in [1.29, 1.82) is 0 Å². The summed E-state index contributed by atoms with van der Waals surface area (Å²) >= 11 is 0. The highest BCUT2D eigenvalue weighted by Crippen LogP contribution is 2.60. The molecule has 4 fully saturated rings. The fourth-order valence-electron chi connectivity index (χ4n) is 7.62. The van der Waals surface area contributed by atoms with E-state index in [1.54, 1.807) is 31.8 Å². The molecule has 1 aromatic heterocycles. The van der Waals surface area contributed by atoms with Crippen molar-refractivity contribution in [3.05, 3.63) is 70.0 Å². The van der Waals surface area contributed by atoms with Gasteiger partial charge in [0.25, 0.3) is 11.5 Å². The van der Waals surface area contributed by atoms with E-state index in [1.165, 1.54) is 24.2 Å². The van der Waals surface area contributed by atoms with E-state index in [0.717, 1.165) is 30.6 Å². The SMILES string of the molecule is COc1ccc(Cn2c(=O)c(C(=O)N(C)C)cc3c(NC(=O)C45CC6CC(CC(C6)C4)C5)cccc32)cc1. The molecule has 0 aliphatic heterocycles. The maximum absolute atomic E-state index is 13.9. The van der Waals surface area contributed by atoms with Crippen molar-refractivity contribution in [2.45, 2.75) is 45.1 Å². The van der Waals surface area contributed by atoms with Crippen LogP contribution in [0.25, 0.3) is 10.9 Å². The molecular weight excluding hydrogens is 478 g/mol. The maximum atomic E-state index is 13.9. The van der Waals surface area contributed by atoms with E-state index in [9.17, 15) is 14.4 Å². The molecule has 0 unspecified atom stereocenters. The molecule has 2 amide bonds. The van der Waals surface area contributed by atoms with Gasteiger partial charge >= 0.3 is 0 Å². The number of nitrogens with zero attached hydrogens (tertiary/aromatic N) is 2. The number of carbonyl (C=O) groups is 2. The molecule has 0 radical (unpaired) electrons. The fraction of sp³-hybridized carbons (Fsp3) is 0.452. The van der Waals surface area contributed by atoms with Crippen LogP contribution in [0.5, 0.6) is 5.75 Å². The largest absolute Gasteiger partial charge is 0.497 e. The van der Waals surface area contributed by atoms with Crippen LogP contribution < -0.4 is 15.6 Å². The zero-order valence-electron chi connectivity index (χ0n) is 22.3. The van der Waals surface area contributed by atoms with Gasteiger partial charge in [0, 0.05) is 19.5 Å². The van der Waals surface area contributed by atoms with Gasteiger partial charge in [-0.05, 0) is 92.2 Å². The molecule has 1 N–H and O–H groups in total. The van der Waals surface area contributed by atoms with Crippen LogP contribution >= 0.6 is 0 Å². The van der Waals surface area contributed by atoms with E-state index >= 15 is 0 Å². The average molecular weight is 514 g/mol. The Morgan fingerprint density at radius 3 is 2.21 bits per heavy atom. The van der Waals surface area contributed by atoms with E-state index < -0.39 is 0 Å². The van der Waals surface area contributed by atoms with Gasteiger partial charge in [0.2, 0.25) is 5.91 Å². The van der Waals surface area contributed by atoms with Gasteiger partial charge in [-0.2, -0.15) is 0 Å². The monoisotopic (exact) mass is 513 g/mol. The zero-order valence-corrected chi connectivity index (χ0v) is 22.3. The molecule has 4 saturated carbocycles. The van der Waals surface area contributed by atoms with Crippen LogP contribution in [0.2, 0.25) is 0 Å². The van der Waals surface area contributed by atoms with Crippen LogP contribution in [0.1, 0.15) is 54.4 Å². The maximum Gasteiger partial charge on any atom is 0.264 e. The second-order valence-corrected chi connectivity index (χ2v) is 11.9. The molecule has 4 aliphatic rings. The van der Waals surface area contributed by atoms with E-state index in [1.807, 2.05) is 42.5 Å². The number of pyridine rings is 1. The molecule has 4 bridgehead atoms. The first-order valence-corrected chi connectivity index (χ1v) is 13.6. The number of ether oxygens (including phenoxy) is 1. The molecule has 7 heteroatoms. The molecule has 4 aliphatic carbocycles. The lowest BCUT2D eigenvalue weighted by Gasteiger charge is -2.55. The highest BCUT2D eigenvalue weighted by Gasteiger charge is 2.54. The third kappa shape index (κ3) is 4.18. The minimum atomic E-state index is -0.359. The lowest BCUT2D eigenvalue weighted by Crippen LogP contribution is -2.51. The minimum Gasteiger partial charge on any atom is -0.497 e. The molecule has 2 aromatic carbocycles. The zero-order chi connectivity index (χ0) is 26.6. The molecule has 0 atom stereocenters. The number of anilines is 1. The Hall–Kier alpha value is -3.61. The first-order chi connectivity index (χ1) is 18.3. The average Bonchev–Trinajstić information content (AvgIpc) is 2.89. The summed E-state index contributed by atoms with van der Waals surface area (Å²) in [4.78, 5) is 42.0. The molecule has 7 nitrogen and oxygen atoms in total. The summed E-state index contributed by atoms with van der Waals surface area (Å²) in [5.41, 5.74) is 1.69. The lowest BCUT2D eigenvalue weighted by atomic mass is 9.49. The van der Waals surface area contributed by atoms with Gasteiger partial charge in [-0.3, -0.25) is 14.4 Å². The summed E-state index contributed by atoms with van der Waals surface area (Å²) in [7, 11) is 4.89. The highest BCUT2D eigenvalue weighted by molar-refractivity contribution is 6.06. The molecule has 1 heterocycles. The Bertz CT molecular complexity index is 1440. The molecule has 198 valence electrons. The molecule has 0 spiro atoms. The summed E-state index contributed by atoms with van der Waals surface area (Å²) in [6.07, 6.45) is 6.74. The van der Waals surface area contributed by atoms with E-state index in [-0.39, 0.29) is 28.4 Å². The number of amides is 2. The summed E-state index contributed by atoms with van der Waals surface area (Å²) < 4.78 is 6.90. The molecular formula is C31H35N3O4. The van der Waals surface area contributed by atoms with E-state index in [4.69, 9.17) is 4.74 Å². The van der Waals surface area contributed by atoms with Gasteiger partial charge in [-0.15, -0.1) is 0 Å². The fourth-order valence-corrected chi connectivity index (χ4v) is 7.62. The van der Waals surface area contributed by atoms with Gasteiger partial charge in [0.1, 0.15) is 11.3 Å². The number of rotatable bonds is 6. The number of hydrogen-bond acceptors (Lipinski definition) is 4. The van der Waals surface area contributed by atoms with Crippen molar-refractivity contribution >= 4 is 28.4 Å². The second-order valence-electron chi connectivity index (χ2n) is 11.9. The topological polar surface area (TPSA) is 80.6 Å². The Morgan fingerprint density at radius 2 is 1.63 bits per heavy atom. The summed E-state index contributed by atoms with van der Waals surface area (Å²) in [5, 5.41) is 3.97. The van der Waals surface area contributed by atoms with E-state index in [2.05, 4.69) is 5.32 Å². The van der Waals surface area contributed by atoms with Crippen LogP contribution in [0.15, 0.2) is 53.3 Å². The van der Waals surface area contributed by atoms with Crippen molar-refractivity contribution in [2.75, 3.05) is 26.5 Å². The van der Waals surface area contributed by atoms with Crippen molar-refractivity contribution in [3.8, 4) is 5.75 Å². The lowest BCUT2D eigenvalue weighted by molar-refractivity contribution is -0.140. The van der Waals surface area contributed by atoms with Gasteiger partial charge in [0.15, 0.2) is 0 Å². The normalized spacial score (nSPS) is 25.4. The Morgan fingerprint density at radius 1 is 1.00 bits per heavy atom. The number of carbonyl (C=O) groups excluding carboxylic acids is 2.